The number of carbonyl (C=O) groups excluding carboxylic acids is 1. The molecular weight excluding hydrogens is 681 g/mol. The van der Waals surface area contributed by atoms with Gasteiger partial charge in [0.1, 0.15) is 18.0 Å². The molecular formula is C43H62N6O5. The van der Waals surface area contributed by atoms with Crippen LogP contribution in [-0.4, -0.2) is 37.7 Å². The minimum absolute atomic E-state index is 0.00712. The minimum atomic E-state index is -0.457. The first-order chi connectivity index (χ1) is 26.3. The van der Waals surface area contributed by atoms with Gasteiger partial charge in [0.05, 0.1) is 35.6 Å². The van der Waals surface area contributed by atoms with Crippen molar-refractivity contribution in [1.82, 2.24) is 0 Å². The van der Waals surface area contributed by atoms with Crippen LogP contribution >= 0.6 is 0 Å². The standard InChI is InChI=1S/C43H62N6O5/c1-5-7-8-9-10-11-12-13-14-15-16-17-18-19-20-21-22-43(50)54-32-31-48(6-2)38-27-23-36(24-28-38)45-47-41-33-35(3)40(34-42(41)53-4)46-44-37-25-29-39(30-26-37)49(51)52/h23-30,33-34H,5-22,31-32H2,1-4H3. The Hall–Kier alpha value is -4.67. The highest BCUT2D eigenvalue weighted by Gasteiger charge is 2.10. The number of hydrogen-bond acceptors (Lipinski definition) is 10. The maximum Gasteiger partial charge on any atom is 0.305 e. The molecule has 11 nitrogen and oxygen atoms in total. The van der Waals surface area contributed by atoms with Crippen LogP contribution in [0.4, 0.5) is 34.1 Å². The summed E-state index contributed by atoms with van der Waals surface area (Å²) in [6.45, 7) is 7.99. The number of rotatable bonds is 28. The second kappa shape index (κ2) is 26.2. The third kappa shape index (κ3) is 17.0. The van der Waals surface area contributed by atoms with Gasteiger partial charge in [0.2, 0.25) is 0 Å². The third-order valence-electron chi connectivity index (χ3n) is 9.56. The average molecular weight is 743 g/mol. The second-order valence-electron chi connectivity index (χ2n) is 13.9. The van der Waals surface area contributed by atoms with Crippen LogP contribution in [0.25, 0.3) is 0 Å². The lowest BCUT2D eigenvalue weighted by Gasteiger charge is -2.23. The van der Waals surface area contributed by atoms with Crippen LogP contribution in [0.15, 0.2) is 81.1 Å². The van der Waals surface area contributed by atoms with Crippen LogP contribution in [-0.2, 0) is 9.53 Å². The van der Waals surface area contributed by atoms with Gasteiger partial charge in [-0.2, -0.15) is 15.3 Å². The van der Waals surface area contributed by atoms with Crippen molar-refractivity contribution in [2.45, 2.75) is 130 Å². The second-order valence-corrected chi connectivity index (χ2v) is 13.9. The summed E-state index contributed by atoms with van der Waals surface area (Å²) in [4.78, 5) is 24.9. The number of aryl methyl sites for hydroxylation is 1. The van der Waals surface area contributed by atoms with Gasteiger partial charge in [0, 0.05) is 36.9 Å². The molecule has 3 rings (SSSR count). The Labute approximate surface area is 322 Å². The van der Waals surface area contributed by atoms with E-state index in [1.165, 1.54) is 102 Å². The Morgan fingerprint density at radius 2 is 1.19 bits per heavy atom. The molecule has 0 saturated heterocycles. The number of nitro benzene ring substituents is 1. The van der Waals surface area contributed by atoms with E-state index in [2.05, 4.69) is 39.2 Å². The summed E-state index contributed by atoms with van der Waals surface area (Å²) >= 11 is 0. The van der Waals surface area contributed by atoms with Gasteiger partial charge in [0.15, 0.2) is 0 Å². The molecule has 0 saturated carbocycles. The summed E-state index contributed by atoms with van der Waals surface area (Å²) in [5, 5.41) is 28.2. The van der Waals surface area contributed by atoms with E-state index in [1.807, 2.05) is 37.3 Å². The summed E-state index contributed by atoms with van der Waals surface area (Å²) in [6, 6.07) is 17.2. The molecule has 0 spiro atoms. The van der Waals surface area contributed by atoms with E-state index < -0.39 is 4.92 Å². The van der Waals surface area contributed by atoms with Crippen molar-refractivity contribution < 1.29 is 19.2 Å². The van der Waals surface area contributed by atoms with Crippen molar-refractivity contribution in [3.8, 4) is 5.75 Å². The molecule has 0 aliphatic rings. The third-order valence-corrected chi connectivity index (χ3v) is 9.56. The molecule has 0 aromatic heterocycles. The number of nitrogens with zero attached hydrogens (tertiary/aromatic N) is 6. The zero-order valence-electron chi connectivity index (χ0n) is 33.1. The zero-order valence-corrected chi connectivity index (χ0v) is 33.1. The molecule has 0 radical (unpaired) electrons. The monoisotopic (exact) mass is 742 g/mol. The fourth-order valence-corrected chi connectivity index (χ4v) is 6.23. The molecule has 0 aliphatic carbocycles. The number of benzene rings is 3. The smallest absolute Gasteiger partial charge is 0.305 e. The number of methoxy groups -OCH3 is 1. The highest BCUT2D eigenvalue weighted by Crippen LogP contribution is 2.36. The van der Waals surface area contributed by atoms with Crippen molar-refractivity contribution in [3.05, 3.63) is 76.3 Å². The highest BCUT2D eigenvalue weighted by molar-refractivity contribution is 5.69. The number of carbonyl (C=O) groups is 1. The molecule has 0 fully saturated rings. The number of nitro groups is 1. The molecule has 294 valence electrons. The van der Waals surface area contributed by atoms with Crippen molar-refractivity contribution in [2.24, 2.45) is 20.5 Å². The van der Waals surface area contributed by atoms with Crippen molar-refractivity contribution in [3.63, 3.8) is 0 Å². The van der Waals surface area contributed by atoms with Crippen molar-refractivity contribution >= 4 is 40.1 Å². The quantitative estimate of drug-likeness (QED) is 0.0239. The molecule has 0 amide bonds. The molecule has 3 aromatic carbocycles. The molecule has 0 bridgehead atoms. The minimum Gasteiger partial charge on any atom is -0.494 e. The Balaban J connectivity index is 1.32. The first kappa shape index (κ1) is 43.7. The number of non-ortho nitro benzene ring substituents is 1. The van der Waals surface area contributed by atoms with Crippen LogP contribution < -0.4 is 9.64 Å². The number of unbranched alkanes of at least 4 members (excludes halogenated alkanes) is 15. The van der Waals surface area contributed by atoms with E-state index in [1.54, 1.807) is 25.3 Å². The Morgan fingerprint density at radius 3 is 1.69 bits per heavy atom. The van der Waals surface area contributed by atoms with Crippen LogP contribution in [0, 0.1) is 17.0 Å². The summed E-state index contributed by atoms with van der Waals surface area (Å²) < 4.78 is 11.1. The summed E-state index contributed by atoms with van der Waals surface area (Å²) in [5.41, 5.74) is 4.13. The molecule has 3 aromatic rings. The molecule has 54 heavy (non-hydrogen) atoms. The molecule has 0 unspecified atom stereocenters. The maximum atomic E-state index is 12.3. The molecule has 11 heteroatoms. The largest absolute Gasteiger partial charge is 0.494 e. The van der Waals surface area contributed by atoms with Crippen LogP contribution in [0.2, 0.25) is 0 Å². The normalized spacial score (nSPS) is 11.4. The van der Waals surface area contributed by atoms with E-state index in [-0.39, 0.29) is 11.7 Å². The predicted molar refractivity (Wildman–Crippen MR) is 219 cm³/mol. The first-order valence-corrected chi connectivity index (χ1v) is 20.1. The number of esters is 1. The topological polar surface area (TPSA) is 131 Å². The molecule has 0 heterocycles. The van der Waals surface area contributed by atoms with E-state index in [4.69, 9.17) is 9.47 Å². The summed E-state index contributed by atoms with van der Waals surface area (Å²) in [6.07, 6.45) is 21.5. The van der Waals surface area contributed by atoms with Gasteiger partial charge < -0.3 is 14.4 Å². The van der Waals surface area contributed by atoms with Gasteiger partial charge in [-0.25, -0.2) is 0 Å². The lowest BCUT2D eigenvalue weighted by molar-refractivity contribution is -0.384. The number of azo groups is 2. The lowest BCUT2D eigenvalue weighted by atomic mass is 10.0. The van der Waals surface area contributed by atoms with E-state index >= 15 is 0 Å². The van der Waals surface area contributed by atoms with Gasteiger partial charge in [-0.05, 0) is 68.3 Å². The number of hydrogen-bond donors (Lipinski definition) is 0. The van der Waals surface area contributed by atoms with Gasteiger partial charge in [0.25, 0.3) is 5.69 Å². The van der Waals surface area contributed by atoms with Gasteiger partial charge in [-0.15, -0.1) is 5.11 Å². The highest BCUT2D eigenvalue weighted by atomic mass is 16.6. The zero-order chi connectivity index (χ0) is 38.8. The Kier molecular flexibility index (Phi) is 21.2. The van der Waals surface area contributed by atoms with E-state index in [9.17, 15) is 14.9 Å². The van der Waals surface area contributed by atoms with Gasteiger partial charge >= 0.3 is 5.97 Å². The molecule has 0 atom stereocenters. The SMILES string of the molecule is CCCCCCCCCCCCCCCCCCC(=O)OCCN(CC)c1ccc(N=Nc2cc(C)c(N=Nc3ccc([N+](=O)[O-])cc3)cc2OC)cc1. The number of likely N-dealkylation sites (N-methyl/N-ethyl adjacent to an activating group) is 1. The summed E-state index contributed by atoms with van der Waals surface area (Å²) in [7, 11) is 1.55. The van der Waals surface area contributed by atoms with Crippen molar-refractivity contribution in [1.29, 1.82) is 0 Å². The predicted octanol–water partition coefficient (Wildman–Crippen LogP) is 13.8. The van der Waals surface area contributed by atoms with Crippen LogP contribution in [0.3, 0.4) is 0 Å². The maximum absolute atomic E-state index is 12.3. The molecule has 0 aliphatic heterocycles. The Bertz CT molecular complexity index is 1580. The lowest BCUT2D eigenvalue weighted by Crippen LogP contribution is -2.27. The van der Waals surface area contributed by atoms with Gasteiger partial charge in [-0.3, -0.25) is 14.9 Å². The van der Waals surface area contributed by atoms with Crippen LogP contribution in [0.5, 0.6) is 5.75 Å². The average Bonchev–Trinajstić information content (AvgIpc) is 3.18. The van der Waals surface area contributed by atoms with Gasteiger partial charge in [-0.1, -0.05) is 103 Å². The van der Waals surface area contributed by atoms with E-state index in [0.29, 0.717) is 48.1 Å². The fraction of sp³-hybridized carbons (Fsp3) is 0.558. The van der Waals surface area contributed by atoms with Crippen LogP contribution in [0.1, 0.15) is 129 Å². The van der Waals surface area contributed by atoms with E-state index in [0.717, 1.165) is 30.6 Å². The molecule has 0 N–H and O–H groups in total. The summed E-state index contributed by atoms with van der Waals surface area (Å²) in [5.74, 6) is 0.374. The van der Waals surface area contributed by atoms with Crippen molar-refractivity contribution in [2.75, 3.05) is 31.7 Å². The fourth-order valence-electron chi connectivity index (χ4n) is 6.23. The number of ether oxygens (including phenoxy) is 2. The Morgan fingerprint density at radius 1 is 0.685 bits per heavy atom. The first-order valence-electron chi connectivity index (χ1n) is 20.1. The number of anilines is 1.